The first-order chi connectivity index (χ1) is 21.6. The Balaban J connectivity index is 1.98. The van der Waals surface area contributed by atoms with E-state index in [9.17, 15) is 49.1 Å². The minimum Gasteiger partial charge on any atom is -0.446 e. The van der Waals surface area contributed by atoms with Crippen molar-refractivity contribution in [1.82, 2.24) is 14.7 Å². The molecule has 2 heterocycles. The topological polar surface area (TPSA) is 67.7 Å². The maximum absolute atomic E-state index is 14.2. The molecular weight excluding hydrogens is 647 g/mol. The number of aromatic nitrogens is 2. The third-order valence-corrected chi connectivity index (χ3v) is 7.70. The second-order valence-corrected chi connectivity index (χ2v) is 11.5. The first-order valence-corrected chi connectivity index (χ1v) is 14.4. The minimum atomic E-state index is -5.19. The van der Waals surface area contributed by atoms with E-state index >= 15 is 0 Å². The van der Waals surface area contributed by atoms with Crippen molar-refractivity contribution in [3.8, 4) is 0 Å². The Morgan fingerprint density at radius 2 is 1.49 bits per heavy atom. The Kier molecular flexibility index (Phi) is 9.66. The van der Waals surface area contributed by atoms with E-state index in [1.165, 1.54) is 13.1 Å². The van der Waals surface area contributed by atoms with E-state index in [2.05, 4.69) is 5.10 Å². The number of amides is 2. The first kappa shape index (κ1) is 35.6. The summed E-state index contributed by atoms with van der Waals surface area (Å²) in [6, 6.07) is 2.58. The van der Waals surface area contributed by atoms with Gasteiger partial charge >= 0.3 is 24.6 Å². The summed E-state index contributed by atoms with van der Waals surface area (Å²) in [6.45, 7) is 5.49. The van der Waals surface area contributed by atoms with Gasteiger partial charge in [-0.15, -0.1) is 0 Å². The molecule has 2 amide bonds. The van der Waals surface area contributed by atoms with Crippen molar-refractivity contribution in [2.75, 3.05) is 4.90 Å². The molecule has 1 aliphatic rings. The molecule has 0 bridgehead atoms. The Morgan fingerprint density at radius 3 is 1.96 bits per heavy atom. The third kappa shape index (κ3) is 7.67. The Bertz CT molecular complexity index is 1610. The molecule has 0 fully saturated rings. The number of aryl methyl sites for hydroxylation is 2. The molecule has 7 nitrogen and oxygen atoms in total. The summed E-state index contributed by atoms with van der Waals surface area (Å²) >= 11 is 0. The van der Waals surface area contributed by atoms with Crippen LogP contribution < -0.4 is 4.90 Å². The molecular formula is C31H31F9N4O3. The monoisotopic (exact) mass is 678 g/mol. The van der Waals surface area contributed by atoms with Crippen LogP contribution in [-0.2, 0) is 36.9 Å². The van der Waals surface area contributed by atoms with Gasteiger partial charge in [-0.3, -0.25) is 14.4 Å². The fraction of sp³-hybridized carbons (Fsp3) is 0.452. The molecule has 0 aliphatic carbocycles. The summed E-state index contributed by atoms with van der Waals surface area (Å²) in [5, 5.41) is 4.10. The van der Waals surface area contributed by atoms with E-state index in [1.807, 2.05) is 0 Å². The predicted molar refractivity (Wildman–Crippen MR) is 151 cm³/mol. The normalized spacial score (nSPS) is 17.1. The van der Waals surface area contributed by atoms with Crippen molar-refractivity contribution in [2.24, 2.45) is 7.05 Å². The van der Waals surface area contributed by atoms with Gasteiger partial charge in [0.05, 0.1) is 40.2 Å². The number of carbonyl (C=O) groups is 2. The van der Waals surface area contributed by atoms with Crippen LogP contribution in [0.1, 0.15) is 83.7 Å². The Hall–Kier alpha value is -4.24. The van der Waals surface area contributed by atoms with Crippen molar-refractivity contribution in [1.29, 1.82) is 0 Å². The number of carbonyl (C=O) groups excluding carboxylic acids is 2. The van der Waals surface area contributed by atoms with Gasteiger partial charge in [0.1, 0.15) is 5.69 Å². The molecule has 2 atom stereocenters. The molecule has 0 spiro atoms. The number of anilines is 1. The number of halogens is 9. The molecule has 4 rings (SSSR count). The number of benzene rings is 2. The van der Waals surface area contributed by atoms with E-state index in [0.29, 0.717) is 17.8 Å². The maximum Gasteiger partial charge on any atom is 0.416 e. The van der Waals surface area contributed by atoms with Crippen LogP contribution in [-0.4, -0.2) is 38.8 Å². The van der Waals surface area contributed by atoms with Crippen molar-refractivity contribution in [3.05, 3.63) is 81.7 Å². The van der Waals surface area contributed by atoms with E-state index in [1.54, 1.807) is 27.7 Å². The molecule has 0 radical (unpaired) electrons. The van der Waals surface area contributed by atoms with Crippen molar-refractivity contribution in [2.45, 2.75) is 83.8 Å². The molecule has 16 heteroatoms. The molecule has 256 valence electrons. The van der Waals surface area contributed by atoms with Crippen LogP contribution in [0.25, 0.3) is 0 Å². The second-order valence-electron chi connectivity index (χ2n) is 11.5. The highest BCUT2D eigenvalue weighted by Gasteiger charge is 2.43. The van der Waals surface area contributed by atoms with E-state index in [-0.39, 0.29) is 35.9 Å². The second kappa shape index (κ2) is 12.8. The summed E-state index contributed by atoms with van der Waals surface area (Å²) in [4.78, 5) is 29.5. The van der Waals surface area contributed by atoms with Gasteiger partial charge in [0.15, 0.2) is 0 Å². The summed E-state index contributed by atoms with van der Waals surface area (Å²) in [7, 11) is 1.39. The number of fused-ring (bicyclic) bond motifs is 1. The van der Waals surface area contributed by atoms with Gasteiger partial charge in [0, 0.05) is 19.6 Å². The van der Waals surface area contributed by atoms with E-state index in [4.69, 9.17) is 4.74 Å². The van der Waals surface area contributed by atoms with Crippen molar-refractivity contribution < 1.29 is 53.8 Å². The summed E-state index contributed by atoms with van der Waals surface area (Å²) < 4.78 is 131. The number of ether oxygens (including phenoxy) is 1. The van der Waals surface area contributed by atoms with Gasteiger partial charge in [-0.2, -0.15) is 44.6 Å². The maximum atomic E-state index is 14.2. The predicted octanol–water partition coefficient (Wildman–Crippen LogP) is 8.70. The van der Waals surface area contributed by atoms with E-state index in [0.717, 1.165) is 32.7 Å². The lowest BCUT2D eigenvalue weighted by Crippen LogP contribution is -2.49. The Morgan fingerprint density at radius 1 is 0.915 bits per heavy atom. The van der Waals surface area contributed by atoms with Crippen LogP contribution in [0.4, 0.5) is 50.0 Å². The SMILES string of the molecule is CC[C@H]1C[C@@H](N(Cc2cc(C(F)(F)F)cc(C(F)(F)F)c2)C(=O)c2cc(C)nn2C)c2cc(C(F)(F)F)ccc2N1C(=O)OC(C)C. The molecule has 0 saturated carbocycles. The highest BCUT2D eigenvalue weighted by atomic mass is 19.4. The van der Waals surface area contributed by atoms with Crippen LogP contribution in [0.2, 0.25) is 0 Å². The van der Waals surface area contributed by atoms with Crippen LogP contribution in [0.5, 0.6) is 0 Å². The minimum absolute atomic E-state index is 0.0502. The lowest BCUT2D eigenvalue weighted by Gasteiger charge is -2.44. The third-order valence-electron chi connectivity index (χ3n) is 7.70. The van der Waals surface area contributed by atoms with Gasteiger partial charge in [0.2, 0.25) is 0 Å². The molecule has 1 aromatic heterocycles. The summed E-state index contributed by atoms with van der Waals surface area (Å²) in [5.41, 5.74) is -4.96. The molecule has 2 aromatic carbocycles. The highest BCUT2D eigenvalue weighted by Crippen LogP contribution is 2.46. The quantitative estimate of drug-likeness (QED) is 0.245. The van der Waals surface area contributed by atoms with Gasteiger partial charge in [-0.05, 0) is 87.2 Å². The Labute approximate surface area is 263 Å². The van der Waals surface area contributed by atoms with Crippen molar-refractivity contribution >= 4 is 17.7 Å². The lowest BCUT2D eigenvalue weighted by molar-refractivity contribution is -0.143. The molecule has 47 heavy (non-hydrogen) atoms. The first-order valence-electron chi connectivity index (χ1n) is 14.4. The van der Waals surface area contributed by atoms with Crippen LogP contribution >= 0.6 is 0 Å². The average Bonchev–Trinajstić information content (AvgIpc) is 3.29. The van der Waals surface area contributed by atoms with Crippen LogP contribution in [0, 0.1) is 6.92 Å². The van der Waals surface area contributed by atoms with Crippen LogP contribution in [0.15, 0.2) is 42.5 Å². The fourth-order valence-electron chi connectivity index (χ4n) is 5.64. The van der Waals surface area contributed by atoms with Gasteiger partial charge < -0.3 is 9.64 Å². The number of hydrogen-bond donors (Lipinski definition) is 0. The number of hydrogen-bond acceptors (Lipinski definition) is 4. The lowest BCUT2D eigenvalue weighted by atomic mass is 9.87. The highest BCUT2D eigenvalue weighted by molar-refractivity contribution is 5.94. The number of rotatable bonds is 6. The standard InChI is InChI=1S/C31H31F9N4O3/c1-6-22-14-25(23-13-19(29(32,33)34)7-8-24(23)44(22)28(46)47-16(2)3)43(27(45)26-9-17(4)41-42(26)5)15-18-10-20(30(35,36)37)12-21(11-18)31(38,39)40/h7-13,16,22,25H,6,14-15H2,1-5H3/t22-,25+/m0/s1. The van der Waals surface area contributed by atoms with Gasteiger partial charge in [0.25, 0.3) is 5.91 Å². The van der Waals surface area contributed by atoms with Crippen LogP contribution in [0.3, 0.4) is 0 Å². The largest absolute Gasteiger partial charge is 0.446 e. The summed E-state index contributed by atoms with van der Waals surface area (Å²) in [5.74, 6) is -0.916. The van der Waals surface area contributed by atoms with Gasteiger partial charge in [-0.25, -0.2) is 4.79 Å². The zero-order chi connectivity index (χ0) is 35.2. The molecule has 0 N–H and O–H groups in total. The molecule has 0 saturated heterocycles. The molecule has 1 aliphatic heterocycles. The average molecular weight is 679 g/mol. The van der Waals surface area contributed by atoms with Gasteiger partial charge in [-0.1, -0.05) is 6.92 Å². The molecule has 3 aromatic rings. The smallest absolute Gasteiger partial charge is 0.416 e. The summed E-state index contributed by atoms with van der Waals surface area (Å²) in [6.07, 6.45) is -16.7. The number of nitrogens with zero attached hydrogens (tertiary/aromatic N) is 4. The fourth-order valence-corrected chi connectivity index (χ4v) is 5.64. The van der Waals surface area contributed by atoms with Crippen molar-refractivity contribution in [3.63, 3.8) is 0 Å². The number of alkyl halides is 9. The molecule has 0 unspecified atom stereocenters. The van der Waals surface area contributed by atoms with E-state index < -0.39 is 77.5 Å². The zero-order valence-electron chi connectivity index (χ0n) is 25.8. The zero-order valence-corrected chi connectivity index (χ0v) is 25.8.